The third-order valence-electron chi connectivity index (χ3n) is 3.06. The minimum atomic E-state index is -0.116. The molecule has 2 aromatic carbocycles. The summed E-state index contributed by atoms with van der Waals surface area (Å²) in [6.07, 6.45) is 0.772. The highest BCUT2D eigenvalue weighted by molar-refractivity contribution is 8.14. The lowest BCUT2D eigenvalue weighted by atomic mass is 10.2. The molecule has 2 aromatic rings. The summed E-state index contributed by atoms with van der Waals surface area (Å²) in [5.74, 6) is 0.130. The Morgan fingerprint density at radius 2 is 1.90 bits per heavy atom. The van der Waals surface area contributed by atoms with Crippen LogP contribution in [0.5, 0.6) is 11.5 Å². The Morgan fingerprint density at radius 1 is 1.10 bits per heavy atom. The van der Waals surface area contributed by atoms with Gasteiger partial charge >= 0.3 is 0 Å². The van der Waals surface area contributed by atoms with Crippen LogP contribution in [-0.4, -0.2) is 15.3 Å². The van der Waals surface area contributed by atoms with Crippen LogP contribution < -0.4 is 5.43 Å². The number of aromatic hydroxyl groups is 2. The Bertz CT molecular complexity index is 644. The molecule has 1 atom stereocenters. The Kier molecular flexibility index (Phi) is 3.52. The van der Waals surface area contributed by atoms with Crippen LogP contribution in [0.15, 0.2) is 53.6 Å². The number of rotatable bonds is 3. The average Bonchev–Trinajstić information content (AvgIpc) is 2.88. The molecule has 0 fully saturated rings. The van der Waals surface area contributed by atoms with Gasteiger partial charge in [-0.2, -0.15) is 5.10 Å². The number of hydrogen-bond acceptors (Lipinski definition) is 5. The first-order valence-electron chi connectivity index (χ1n) is 6.27. The number of hydrogen-bond donors (Lipinski definition) is 3. The molecule has 0 spiro atoms. The standard InChI is InChI=1S/C15H14N2O2S/c18-11-6-7-12(13(19)9-11)15-17-16-14(20-15)8-10-4-2-1-3-5-10/h1-7,9,15,17-19H,8H2/t15-/m1/s1. The van der Waals surface area contributed by atoms with E-state index in [1.165, 1.54) is 11.6 Å². The topological polar surface area (TPSA) is 64.8 Å². The molecule has 1 aliphatic heterocycles. The number of benzene rings is 2. The van der Waals surface area contributed by atoms with Crippen molar-refractivity contribution in [2.45, 2.75) is 11.8 Å². The predicted molar refractivity (Wildman–Crippen MR) is 80.8 cm³/mol. The zero-order chi connectivity index (χ0) is 13.9. The quantitative estimate of drug-likeness (QED) is 0.811. The SMILES string of the molecule is Oc1ccc([C@@H]2NN=C(Cc3ccccc3)S2)c(O)c1. The zero-order valence-electron chi connectivity index (χ0n) is 10.7. The summed E-state index contributed by atoms with van der Waals surface area (Å²) in [7, 11) is 0. The molecule has 1 heterocycles. The summed E-state index contributed by atoms with van der Waals surface area (Å²) in [6.45, 7) is 0. The highest BCUT2D eigenvalue weighted by atomic mass is 32.2. The smallest absolute Gasteiger partial charge is 0.125 e. The molecule has 0 amide bonds. The number of thioether (sulfide) groups is 1. The lowest BCUT2D eigenvalue weighted by molar-refractivity contribution is 0.444. The van der Waals surface area contributed by atoms with E-state index in [-0.39, 0.29) is 16.9 Å². The number of nitrogens with one attached hydrogen (secondary N) is 1. The number of phenols is 2. The van der Waals surface area contributed by atoms with Crippen LogP contribution in [0.3, 0.4) is 0 Å². The average molecular weight is 286 g/mol. The van der Waals surface area contributed by atoms with E-state index in [9.17, 15) is 10.2 Å². The van der Waals surface area contributed by atoms with Crippen LogP contribution in [0.2, 0.25) is 0 Å². The number of phenolic OH excluding ortho intramolecular Hbond substituents is 2. The normalized spacial score (nSPS) is 17.6. The molecule has 102 valence electrons. The molecule has 0 unspecified atom stereocenters. The summed E-state index contributed by atoms with van der Waals surface area (Å²) in [6, 6.07) is 14.7. The van der Waals surface area contributed by atoms with Crippen LogP contribution in [0.1, 0.15) is 16.5 Å². The van der Waals surface area contributed by atoms with Crippen molar-refractivity contribution in [1.82, 2.24) is 5.43 Å². The van der Waals surface area contributed by atoms with Crippen molar-refractivity contribution in [3.05, 3.63) is 59.7 Å². The van der Waals surface area contributed by atoms with Gasteiger partial charge in [-0.25, -0.2) is 0 Å². The van der Waals surface area contributed by atoms with Crippen LogP contribution >= 0.6 is 11.8 Å². The van der Waals surface area contributed by atoms with Crippen molar-refractivity contribution in [2.24, 2.45) is 5.10 Å². The Balaban J connectivity index is 1.69. The lowest BCUT2D eigenvalue weighted by Crippen LogP contribution is -2.06. The van der Waals surface area contributed by atoms with Gasteiger partial charge in [0.25, 0.3) is 0 Å². The van der Waals surface area contributed by atoms with Crippen molar-refractivity contribution in [2.75, 3.05) is 0 Å². The molecular weight excluding hydrogens is 272 g/mol. The largest absolute Gasteiger partial charge is 0.508 e. The van der Waals surface area contributed by atoms with Gasteiger partial charge in [0, 0.05) is 18.1 Å². The zero-order valence-corrected chi connectivity index (χ0v) is 11.5. The molecule has 20 heavy (non-hydrogen) atoms. The lowest BCUT2D eigenvalue weighted by Gasteiger charge is -2.11. The molecule has 0 bridgehead atoms. The Morgan fingerprint density at radius 3 is 2.65 bits per heavy atom. The van der Waals surface area contributed by atoms with E-state index in [0.717, 1.165) is 17.0 Å². The summed E-state index contributed by atoms with van der Waals surface area (Å²) in [5, 5.41) is 24.3. The van der Waals surface area contributed by atoms with Gasteiger partial charge in [-0.15, -0.1) is 0 Å². The van der Waals surface area contributed by atoms with E-state index in [4.69, 9.17) is 0 Å². The van der Waals surface area contributed by atoms with Crippen molar-refractivity contribution < 1.29 is 10.2 Å². The van der Waals surface area contributed by atoms with Gasteiger partial charge in [0.05, 0.1) is 5.04 Å². The van der Waals surface area contributed by atoms with Crippen molar-refractivity contribution >= 4 is 16.8 Å². The summed E-state index contributed by atoms with van der Waals surface area (Å²) < 4.78 is 0. The Hall–Kier alpha value is -2.14. The molecule has 0 aliphatic carbocycles. The Labute approximate surface area is 121 Å². The van der Waals surface area contributed by atoms with E-state index in [1.807, 2.05) is 18.2 Å². The second-order valence-electron chi connectivity index (χ2n) is 4.54. The van der Waals surface area contributed by atoms with Crippen LogP contribution in [0.25, 0.3) is 0 Å². The summed E-state index contributed by atoms with van der Waals surface area (Å²) in [4.78, 5) is 0. The fourth-order valence-corrected chi connectivity index (χ4v) is 3.12. The summed E-state index contributed by atoms with van der Waals surface area (Å²) >= 11 is 1.58. The second-order valence-corrected chi connectivity index (χ2v) is 5.72. The molecule has 4 nitrogen and oxygen atoms in total. The second kappa shape index (κ2) is 5.46. The van der Waals surface area contributed by atoms with Crippen molar-refractivity contribution in [3.8, 4) is 11.5 Å². The number of hydrazone groups is 1. The van der Waals surface area contributed by atoms with Gasteiger partial charge in [-0.1, -0.05) is 42.1 Å². The van der Waals surface area contributed by atoms with E-state index in [2.05, 4.69) is 22.7 Å². The van der Waals surface area contributed by atoms with E-state index in [0.29, 0.717) is 0 Å². The first-order chi connectivity index (χ1) is 9.72. The molecule has 3 rings (SSSR count). The van der Waals surface area contributed by atoms with Crippen LogP contribution in [0, 0.1) is 0 Å². The van der Waals surface area contributed by atoms with E-state index >= 15 is 0 Å². The highest BCUT2D eigenvalue weighted by Crippen LogP contribution is 2.38. The number of nitrogens with zero attached hydrogens (tertiary/aromatic N) is 1. The maximum absolute atomic E-state index is 9.86. The van der Waals surface area contributed by atoms with Crippen LogP contribution in [0.4, 0.5) is 0 Å². The van der Waals surface area contributed by atoms with E-state index in [1.54, 1.807) is 23.9 Å². The predicted octanol–water partition coefficient (Wildman–Crippen LogP) is 2.99. The van der Waals surface area contributed by atoms with Gasteiger partial charge in [0.2, 0.25) is 0 Å². The van der Waals surface area contributed by atoms with Gasteiger partial charge in [0.15, 0.2) is 0 Å². The molecular formula is C15H14N2O2S. The minimum Gasteiger partial charge on any atom is -0.508 e. The molecule has 3 N–H and O–H groups in total. The van der Waals surface area contributed by atoms with Gasteiger partial charge in [-0.3, -0.25) is 5.43 Å². The first kappa shape index (κ1) is 12.9. The monoisotopic (exact) mass is 286 g/mol. The molecule has 0 saturated carbocycles. The maximum Gasteiger partial charge on any atom is 0.125 e. The molecule has 1 aliphatic rings. The molecule has 0 saturated heterocycles. The highest BCUT2D eigenvalue weighted by Gasteiger charge is 2.23. The summed E-state index contributed by atoms with van der Waals surface area (Å²) in [5.41, 5.74) is 4.94. The van der Waals surface area contributed by atoms with Crippen LogP contribution in [-0.2, 0) is 6.42 Å². The van der Waals surface area contributed by atoms with Crippen molar-refractivity contribution in [3.63, 3.8) is 0 Å². The maximum atomic E-state index is 9.86. The van der Waals surface area contributed by atoms with E-state index < -0.39 is 0 Å². The minimum absolute atomic E-state index is 0.0553. The molecule has 0 radical (unpaired) electrons. The third-order valence-corrected chi connectivity index (χ3v) is 4.16. The molecule has 5 heteroatoms. The third kappa shape index (κ3) is 2.72. The van der Waals surface area contributed by atoms with Gasteiger partial charge in [0.1, 0.15) is 16.9 Å². The fraction of sp³-hybridized carbons (Fsp3) is 0.133. The first-order valence-corrected chi connectivity index (χ1v) is 7.15. The fourth-order valence-electron chi connectivity index (χ4n) is 2.06. The van der Waals surface area contributed by atoms with Gasteiger partial charge < -0.3 is 10.2 Å². The van der Waals surface area contributed by atoms with Crippen molar-refractivity contribution in [1.29, 1.82) is 0 Å². The van der Waals surface area contributed by atoms with Gasteiger partial charge in [-0.05, 0) is 17.7 Å². The molecule has 0 aromatic heterocycles.